The van der Waals surface area contributed by atoms with E-state index in [-0.39, 0.29) is 32.8 Å². The standard InChI is InChI=1S/C17H17ClN2O6S2/c18-15-7-6-14(27(23,24)13-4-2-1-3-5-13)10-16(15)28(25,26)20-9-8-12(11-20)19-17(21)22/h1-7,10,12,19H,8-9,11H2,(H,21,22). The molecule has 3 rings (SSSR count). The average molecular weight is 445 g/mol. The zero-order valence-corrected chi connectivity index (χ0v) is 16.8. The second-order valence-corrected chi connectivity index (χ2v) is 10.5. The van der Waals surface area contributed by atoms with E-state index in [0.29, 0.717) is 6.42 Å². The van der Waals surface area contributed by atoms with Crippen molar-refractivity contribution in [1.82, 2.24) is 9.62 Å². The first kappa shape index (κ1) is 20.6. The summed E-state index contributed by atoms with van der Waals surface area (Å²) in [5.74, 6) is 0. The van der Waals surface area contributed by atoms with Gasteiger partial charge < -0.3 is 10.4 Å². The second-order valence-electron chi connectivity index (χ2n) is 6.21. The van der Waals surface area contributed by atoms with Crippen molar-refractivity contribution in [2.24, 2.45) is 0 Å². The van der Waals surface area contributed by atoms with Gasteiger partial charge in [0.1, 0.15) is 4.90 Å². The molecule has 1 unspecified atom stereocenters. The lowest BCUT2D eigenvalue weighted by Gasteiger charge is -2.18. The number of carboxylic acid groups (broad SMARTS) is 1. The third-order valence-corrected chi connectivity index (χ3v) is 8.48. The number of amides is 1. The predicted molar refractivity (Wildman–Crippen MR) is 102 cm³/mol. The number of sulfonamides is 1. The van der Waals surface area contributed by atoms with Gasteiger partial charge in [0, 0.05) is 19.1 Å². The minimum absolute atomic E-state index is 0.0348. The smallest absolute Gasteiger partial charge is 0.404 e. The summed E-state index contributed by atoms with van der Waals surface area (Å²) in [6.07, 6.45) is -0.927. The van der Waals surface area contributed by atoms with Crippen LogP contribution in [0.5, 0.6) is 0 Å². The highest BCUT2D eigenvalue weighted by molar-refractivity contribution is 7.91. The van der Waals surface area contributed by atoms with Crippen LogP contribution in [-0.4, -0.2) is 51.5 Å². The fraction of sp³-hybridized carbons (Fsp3) is 0.235. The van der Waals surface area contributed by atoms with E-state index in [9.17, 15) is 21.6 Å². The maximum atomic E-state index is 13.0. The molecule has 0 radical (unpaired) electrons. The normalized spacial score (nSPS) is 18.1. The Morgan fingerprint density at radius 2 is 1.75 bits per heavy atom. The quantitative estimate of drug-likeness (QED) is 0.729. The molecular formula is C17H17ClN2O6S2. The van der Waals surface area contributed by atoms with E-state index in [1.54, 1.807) is 18.2 Å². The molecule has 2 N–H and O–H groups in total. The van der Waals surface area contributed by atoms with Crippen LogP contribution in [0.1, 0.15) is 6.42 Å². The minimum atomic E-state index is -4.10. The van der Waals surface area contributed by atoms with Crippen LogP contribution in [-0.2, 0) is 19.9 Å². The molecule has 0 aliphatic carbocycles. The monoisotopic (exact) mass is 444 g/mol. The van der Waals surface area contributed by atoms with Crippen LogP contribution >= 0.6 is 11.6 Å². The molecule has 0 spiro atoms. The van der Waals surface area contributed by atoms with Crippen LogP contribution < -0.4 is 5.32 Å². The largest absolute Gasteiger partial charge is 0.465 e. The molecule has 11 heteroatoms. The molecule has 2 aromatic carbocycles. The highest BCUT2D eigenvalue weighted by atomic mass is 35.5. The summed E-state index contributed by atoms with van der Waals surface area (Å²) in [5.41, 5.74) is 0. The number of hydrogen-bond donors (Lipinski definition) is 2. The molecule has 0 bridgehead atoms. The van der Waals surface area contributed by atoms with Crippen LogP contribution in [0.25, 0.3) is 0 Å². The number of nitrogens with one attached hydrogen (secondary N) is 1. The number of sulfone groups is 1. The molecular weight excluding hydrogens is 428 g/mol. The fourth-order valence-corrected chi connectivity index (χ4v) is 6.35. The van der Waals surface area contributed by atoms with Gasteiger partial charge in [-0.2, -0.15) is 4.31 Å². The lowest BCUT2D eigenvalue weighted by molar-refractivity contribution is 0.190. The van der Waals surface area contributed by atoms with E-state index in [1.165, 1.54) is 24.3 Å². The number of nitrogens with zero attached hydrogens (tertiary/aromatic N) is 1. The third-order valence-electron chi connectivity index (χ3n) is 4.36. The first-order valence-electron chi connectivity index (χ1n) is 8.21. The second kappa shape index (κ2) is 7.70. The molecule has 150 valence electrons. The van der Waals surface area contributed by atoms with Gasteiger partial charge in [-0.15, -0.1) is 0 Å². The van der Waals surface area contributed by atoms with Crippen LogP contribution in [0.2, 0.25) is 5.02 Å². The molecule has 1 saturated heterocycles. The van der Waals surface area contributed by atoms with Crippen molar-refractivity contribution in [3.63, 3.8) is 0 Å². The van der Waals surface area contributed by atoms with Crippen molar-refractivity contribution in [3.8, 4) is 0 Å². The van der Waals surface area contributed by atoms with Crippen LogP contribution in [0, 0.1) is 0 Å². The summed E-state index contributed by atoms with van der Waals surface area (Å²) >= 11 is 6.07. The van der Waals surface area contributed by atoms with Gasteiger partial charge in [-0.1, -0.05) is 29.8 Å². The number of benzene rings is 2. The first-order valence-corrected chi connectivity index (χ1v) is 11.5. The number of hydrogen-bond acceptors (Lipinski definition) is 5. The fourth-order valence-electron chi connectivity index (χ4n) is 2.96. The Kier molecular flexibility index (Phi) is 5.67. The van der Waals surface area contributed by atoms with Gasteiger partial charge in [0.15, 0.2) is 0 Å². The molecule has 1 fully saturated rings. The van der Waals surface area contributed by atoms with Crippen LogP contribution in [0.4, 0.5) is 4.79 Å². The van der Waals surface area contributed by atoms with Gasteiger partial charge in [0.05, 0.1) is 14.8 Å². The molecule has 0 saturated carbocycles. The Bertz CT molecular complexity index is 1100. The van der Waals surface area contributed by atoms with E-state index in [4.69, 9.17) is 16.7 Å². The topological polar surface area (TPSA) is 121 Å². The molecule has 1 atom stereocenters. The summed E-state index contributed by atoms with van der Waals surface area (Å²) in [6, 6.07) is 10.6. The first-order chi connectivity index (χ1) is 13.1. The third kappa shape index (κ3) is 4.00. The Morgan fingerprint density at radius 3 is 2.39 bits per heavy atom. The van der Waals surface area contributed by atoms with E-state index < -0.39 is 32.0 Å². The predicted octanol–water partition coefficient (Wildman–Crippen LogP) is 2.20. The molecule has 1 aliphatic heterocycles. The summed E-state index contributed by atoms with van der Waals surface area (Å²) in [5, 5.41) is 10.9. The Balaban J connectivity index is 1.97. The van der Waals surface area contributed by atoms with Crippen molar-refractivity contribution in [1.29, 1.82) is 0 Å². The molecule has 1 aliphatic rings. The van der Waals surface area contributed by atoms with E-state index in [1.807, 2.05) is 0 Å². The number of carbonyl (C=O) groups is 1. The van der Waals surface area contributed by atoms with Crippen LogP contribution in [0.15, 0.2) is 63.2 Å². The van der Waals surface area contributed by atoms with Crippen molar-refractivity contribution in [2.75, 3.05) is 13.1 Å². The maximum Gasteiger partial charge on any atom is 0.404 e. The highest BCUT2D eigenvalue weighted by Crippen LogP contribution is 2.31. The average Bonchev–Trinajstić information content (AvgIpc) is 3.11. The van der Waals surface area contributed by atoms with Crippen molar-refractivity contribution in [2.45, 2.75) is 27.1 Å². The van der Waals surface area contributed by atoms with Crippen molar-refractivity contribution < 1.29 is 26.7 Å². The molecule has 8 nitrogen and oxygen atoms in total. The van der Waals surface area contributed by atoms with Gasteiger partial charge in [-0.3, -0.25) is 0 Å². The summed E-state index contributed by atoms with van der Waals surface area (Å²) in [6.45, 7) is 0.0416. The lowest BCUT2D eigenvalue weighted by Crippen LogP contribution is -2.37. The van der Waals surface area contributed by atoms with E-state index in [0.717, 1.165) is 10.4 Å². The molecule has 2 aromatic rings. The molecule has 0 aromatic heterocycles. The van der Waals surface area contributed by atoms with E-state index >= 15 is 0 Å². The molecule has 1 amide bonds. The van der Waals surface area contributed by atoms with Crippen molar-refractivity contribution in [3.05, 3.63) is 53.6 Å². The number of rotatable bonds is 5. The van der Waals surface area contributed by atoms with Crippen LogP contribution in [0.3, 0.4) is 0 Å². The summed E-state index contributed by atoms with van der Waals surface area (Å²) in [7, 11) is -8.02. The van der Waals surface area contributed by atoms with Gasteiger partial charge in [-0.25, -0.2) is 21.6 Å². The van der Waals surface area contributed by atoms with Gasteiger partial charge >= 0.3 is 6.09 Å². The summed E-state index contributed by atoms with van der Waals surface area (Å²) < 4.78 is 52.6. The molecule has 1 heterocycles. The van der Waals surface area contributed by atoms with Crippen molar-refractivity contribution >= 4 is 37.6 Å². The zero-order chi connectivity index (χ0) is 20.5. The Labute approximate surface area is 167 Å². The maximum absolute atomic E-state index is 13.0. The van der Waals surface area contributed by atoms with Gasteiger partial charge in [-0.05, 0) is 36.8 Å². The highest BCUT2D eigenvalue weighted by Gasteiger charge is 2.35. The Morgan fingerprint density at radius 1 is 1.07 bits per heavy atom. The number of halogens is 1. The van der Waals surface area contributed by atoms with E-state index in [2.05, 4.69) is 5.32 Å². The minimum Gasteiger partial charge on any atom is -0.465 e. The SMILES string of the molecule is O=C(O)NC1CCN(S(=O)(=O)c2cc(S(=O)(=O)c3ccccc3)ccc2Cl)C1. The summed E-state index contributed by atoms with van der Waals surface area (Å²) in [4.78, 5) is 10.3. The van der Waals surface area contributed by atoms with Gasteiger partial charge in [0.25, 0.3) is 0 Å². The lowest BCUT2D eigenvalue weighted by atomic mass is 10.3. The molecule has 28 heavy (non-hydrogen) atoms. The van der Waals surface area contributed by atoms with Gasteiger partial charge in [0.2, 0.25) is 19.9 Å². The zero-order valence-electron chi connectivity index (χ0n) is 14.4. The Hall–Kier alpha value is -2.14.